The van der Waals surface area contributed by atoms with Crippen molar-refractivity contribution >= 4 is 17.8 Å². The normalized spacial score (nSPS) is 11.7. The summed E-state index contributed by atoms with van der Waals surface area (Å²) in [7, 11) is 0. The zero-order valence-corrected chi connectivity index (χ0v) is 10.8. The minimum Gasteiger partial charge on any atom is -0.480 e. The van der Waals surface area contributed by atoms with Crippen LogP contribution in [0.4, 0.5) is 0 Å². The summed E-state index contributed by atoms with van der Waals surface area (Å²) < 4.78 is 0. The Balaban J connectivity index is 2.69. The Morgan fingerprint density at radius 1 is 1.20 bits per heavy atom. The Morgan fingerprint density at radius 3 is 2.25 bits per heavy atom. The second-order valence-electron chi connectivity index (χ2n) is 4.27. The van der Waals surface area contributed by atoms with Gasteiger partial charge in [0.05, 0.1) is 0 Å². The van der Waals surface area contributed by atoms with Crippen LogP contribution in [0.1, 0.15) is 28.8 Å². The molecule has 0 aliphatic rings. The molecule has 1 atom stereocenters. The van der Waals surface area contributed by atoms with Gasteiger partial charge in [0, 0.05) is 18.5 Å². The van der Waals surface area contributed by atoms with Gasteiger partial charge in [-0.3, -0.25) is 9.59 Å². The van der Waals surface area contributed by atoms with E-state index in [0.717, 1.165) is 5.56 Å². The summed E-state index contributed by atoms with van der Waals surface area (Å²) in [5.74, 6) is -2.35. The van der Waals surface area contributed by atoms with Gasteiger partial charge in [-0.15, -0.1) is 0 Å². The number of hydrogen-bond donors (Lipinski definition) is 4. The predicted octanol–water partition coefficient (Wildman–Crippen LogP) is -0.406. The number of nitrogens with one attached hydrogen (secondary N) is 1. The highest BCUT2D eigenvalue weighted by atomic mass is 16.4. The number of carboxylic acids is 1. The zero-order valence-electron chi connectivity index (χ0n) is 10.8. The number of aliphatic carboxylic acids is 1. The first-order valence-corrected chi connectivity index (χ1v) is 6.05. The smallest absolute Gasteiger partial charge is 0.326 e. The highest BCUT2D eigenvalue weighted by molar-refractivity contribution is 5.96. The zero-order chi connectivity index (χ0) is 15.1. The molecule has 0 saturated heterocycles. The van der Waals surface area contributed by atoms with E-state index in [-0.39, 0.29) is 12.8 Å². The molecule has 0 aromatic heterocycles. The van der Waals surface area contributed by atoms with E-state index in [0.29, 0.717) is 12.1 Å². The van der Waals surface area contributed by atoms with Crippen LogP contribution in [0.15, 0.2) is 24.3 Å². The summed E-state index contributed by atoms with van der Waals surface area (Å²) in [5, 5.41) is 11.3. The molecule has 20 heavy (non-hydrogen) atoms. The van der Waals surface area contributed by atoms with E-state index in [1.165, 1.54) is 0 Å². The lowest BCUT2D eigenvalue weighted by Gasteiger charge is -2.13. The lowest BCUT2D eigenvalue weighted by molar-refractivity contribution is -0.139. The van der Waals surface area contributed by atoms with E-state index < -0.39 is 23.8 Å². The van der Waals surface area contributed by atoms with Gasteiger partial charge in [-0.2, -0.15) is 0 Å². The molecule has 1 aromatic carbocycles. The van der Waals surface area contributed by atoms with Crippen LogP contribution in [0, 0.1) is 0 Å². The molecule has 7 heteroatoms. The first-order valence-electron chi connectivity index (χ1n) is 6.05. The molecular weight excluding hydrogens is 262 g/mol. The van der Waals surface area contributed by atoms with Crippen molar-refractivity contribution in [2.24, 2.45) is 11.5 Å². The largest absolute Gasteiger partial charge is 0.480 e. The Morgan fingerprint density at radius 2 is 1.80 bits per heavy atom. The molecule has 108 valence electrons. The molecule has 7 nitrogen and oxygen atoms in total. The fourth-order valence-electron chi connectivity index (χ4n) is 1.58. The first-order chi connectivity index (χ1) is 9.43. The van der Waals surface area contributed by atoms with E-state index >= 15 is 0 Å². The summed E-state index contributed by atoms with van der Waals surface area (Å²) >= 11 is 0. The van der Waals surface area contributed by atoms with Crippen molar-refractivity contribution in [2.45, 2.75) is 25.4 Å². The SMILES string of the molecule is NCc1ccc(C(=O)NC(CCC(N)=O)C(=O)O)cc1. The van der Waals surface area contributed by atoms with Gasteiger partial charge in [0.25, 0.3) is 5.91 Å². The van der Waals surface area contributed by atoms with Crippen molar-refractivity contribution in [3.63, 3.8) is 0 Å². The van der Waals surface area contributed by atoms with Gasteiger partial charge in [-0.1, -0.05) is 12.1 Å². The number of primary amides is 1. The monoisotopic (exact) mass is 279 g/mol. The third kappa shape index (κ3) is 4.69. The lowest BCUT2D eigenvalue weighted by Crippen LogP contribution is -2.41. The standard InChI is InChI=1S/C13H17N3O4/c14-7-8-1-3-9(4-2-8)12(18)16-10(13(19)20)5-6-11(15)17/h1-4,10H,5-7,14H2,(H2,15,17)(H,16,18)(H,19,20). The van der Waals surface area contributed by atoms with E-state index in [1.54, 1.807) is 24.3 Å². The average Bonchev–Trinajstić information content (AvgIpc) is 2.42. The van der Waals surface area contributed by atoms with Crippen molar-refractivity contribution in [2.75, 3.05) is 0 Å². The van der Waals surface area contributed by atoms with Crippen LogP contribution >= 0.6 is 0 Å². The molecule has 0 saturated carbocycles. The summed E-state index contributed by atoms with van der Waals surface area (Å²) in [6.45, 7) is 0.359. The molecule has 0 aliphatic heterocycles. The van der Waals surface area contributed by atoms with Gasteiger partial charge in [0.15, 0.2) is 0 Å². The maximum absolute atomic E-state index is 11.9. The fraction of sp³-hybridized carbons (Fsp3) is 0.308. The highest BCUT2D eigenvalue weighted by Crippen LogP contribution is 2.05. The summed E-state index contributed by atoms with van der Waals surface area (Å²) in [4.78, 5) is 33.5. The maximum atomic E-state index is 11.9. The van der Waals surface area contributed by atoms with E-state index in [2.05, 4.69) is 5.32 Å². The van der Waals surface area contributed by atoms with E-state index in [1.807, 2.05) is 0 Å². The Kier molecular flexibility index (Phi) is 5.67. The van der Waals surface area contributed by atoms with E-state index in [4.69, 9.17) is 16.6 Å². The van der Waals surface area contributed by atoms with Crippen molar-refractivity contribution < 1.29 is 19.5 Å². The molecule has 0 aliphatic carbocycles. The Bertz CT molecular complexity index is 499. The Labute approximate surface area is 115 Å². The maximum Gasteiger partial charge on any atom is 0.326 e. The third-order valence-electron chi connectivity index (χ3n) is 2.73. The van der Waals surface area contributed by atoms with Crippen LogP contribution in [-0.2, 0) is 16.1 Å². The van der Waals surface area contributed by atoms with Gasteiger partial charge >= 0.3 is 5.97 Å². The van der Waals surface area contributed by atoms with Crippen molar-refractivity contribution in [3.05, 3.63) is 35.4 Å². The topological polar surface area (TPSA) is 136 Å². The third-order valence-corrected chi connectivity index (χ3v) is 2.73. The molecule has 6 N–H and O–H groups in total. The molecular formula is C13H17N3O4. The van der Waals surface area contributed by atoms with Gasteiger partial charge in [-0.05, 0) is 24.1 Å². The summed E-state index contributed by atoms with van der Waals surface area (Å²) in [6.07, 6.45) is -0.152. The van der Waals surface area contributed by atoms with Gasteiger partial charge in [0.2, 0.25) is 5.91 Å². The van der Waals surface area contributed by atoms with Crippen LogP contribution in [0.3, 0.4) is 0 Å². The minimum absolute atomic E-state index is 0.0444. The molecule has 2 amide bonds. The number of carboxylic acid groups (broad SMARTS) is 1. The first kappa shape index (κ1) is 15.6. The van der Waals surface area contributed by atoms with Gasteiger partial charge in [-0.25, -0.2) is 4.79 Å². The van der Waals surface area contributed by atoms with Crippen molar-refractivity contribution in [1.29, 1.82) is 0 Å². The number of rotatable bonds is 7. The van der Waals surface area contributed by atoms with Gasteiger partial charge < -0.3 is 21.9 Å². The predicted molar refractivity (Wildman–Crippen MR) is 71.7 cm³/mol. The molecule has 0 spiro atoms. The van der Waals surface area contributed by atoms with E-state index in [9.17, 15) is 14.4 Å². The van der Waals surface area contributed by atoms with Crippen LogP contribution in [0.5, 0.6) is 0 Å². The molecule has 0 radical (unpaired) electrons. The van der Waals surface area contributed by atoms with Crippen LogP contribution in [-0.4, -0.2) is 28.9 Å². The Hall–Kier alpha value is -2.41. The highest BCUT2D eigenvalue weighted by Gasteiger charge is 2.21. The second-order valence-corrected chi connectivity index (χ2v) is 4.27. The molecule has 1 aromatic rings. The van der Waals surface area contributed by atoms with Gasteiger partial charge in [0.1, 0.15) is 6.04 Å². The van der Waals surface area contributed by atoms with Crippen molar-refractivity contribution in [1.82, 2.24) is 5.32 Å². The molecule has 1 unspecified atom stereocenters. The van der Waals surface area contributed by atoms with Crippen LogP contribution in [0.2, 0.25) is 0 Å². The summed E-state index contributed by atoms with van der Waals surface area (Å²) in [6, 6.07) is 5.35. The van der Waals surface area contributed by atoms with Crippen LogP contribution < -0.4 is 16.8 Å². The average molecular weight is 279 g/mol. The number of hydrogen-bond acceptors (Lipinski definition) is 4. The number of amides is 2. The fourth-order valence-corrected chi connectivity index (χ4v) is 1.58. The van der Waals surface area contributed by atoms with Crippen LogP contribution in [0.25, 0.3) is 0 Å². The second kappa shape index (κ2) is 7.25. The molecule has 0 heterocycles. The minimum atomic E-state index is -1.21. The molecule has 0 fully saturated rings. The van der Waals surface area contributed by atoms with Crippen molar-refractivity contribution in [3.8, 4) is 0 Å². The number of nitrogens with two attached hydrogens (primary N) is 2. The number of carbonyl (C=O) groups is 3. The molecule has 0 bridgehead atoms. The number of carbonyl (C=O) groups excluding carboxylic acids is 2. The number of benzene rings is 1. The molecule has 1 rings (SSSR count). The lowest BCUT2D eigenvalue weighted by atomic mass is 10.1. The summed E-state index contributed by atoms with van der Waals surface area (Å²) in [5.41, 5.74) is 11.6. The quantitative estimate of drug-likeness (QED) is 0.538.